The Morgan fingerprint density at radius 1 is 1.50 bits per heavy atom. The van der Waals surface area contributed by atoms with Crippen LogP contribution in [0.4, 0.5) is 4.39 Å². The van der Waals surface area contributed by atoms with E-state index in [0.29, 0.717) is 10.4 Å². The van der Waals surface area contributed by atoms with Gasteiger partial charge in [0.05, 0.1) is 11.7 Å². The molecule has 5 nitrogen and oxygen atoms in total. The average molecular weight is 368 g/mol. The van der Waals surface area contributed by atoms with E-state index < -0.39 is 11.4 Å². The van der Waals surface area contributed by atoms with Gasteiger partial charge in [-0.15, -0.1) is 0 Å². The number of amides is 1. The smallest absolute Gasteiger partial charge is 0.261 e. The van der Waals surface area contributed by atoms with Crippen LogP contribution in [-0.2, 0) is 11.3 Å². The molecule has 1 amide bonds. The van der Waals surface area contributed by atoms with Crippen molar-refractivity contribution in [3.05, 3.63) is 39.1 Å². The van der Waals surface area contributed by atoms with Gasteiger partial charge in [0.2, 0.25) is 5.91 Å². The Hall–Kier alpha value is -1.76. The average Bonchev–Trinajstić information content (AvgIpc) is 3.26. The molecule has 0 aliphatic heterocycles. The molecule has 0 N–H and O–H groups in total. The second-order valence-electron chi connectivity index (χ2n) is 5.68. The van der Waals surface area contributed by atoms with Gasteiger partial charge in [-0.25, -0.2) is 9.37 Å². The molecule has 7 heteroatoms. The topological polar surface area (TPSA) is 55.2 Å². The van der Waals surface area contributed by atoms with Gasteiger partial charge in [-0.05, 0) is 30.9 Å². The van der Waals surface area contributed by atoms with Gasteiger partial charge in [0.25, 0.3) is 5.56 Å². The van der Waals surface area contributed by atoms with Crippen LogP contribution in [-0.4, -0.2) is 34.0 Å². The summed E-state index contributed by atoms with van der Waals surface area (Å²) >= 11 is 3.16. The van der Waals surface area contributed by atoms with E-state index in [4.69, 9.17) is 0 Å². The fourth-order valence-corrected chi connectivity index (χ4v) is 2.79. The number of likely N-dealkylation sites (N-methyl/N-ethyl adjacent to an activating group) is 1. The first-order valence-electron chi connectivity index (χ1n) is 7.04. The lowest BCUT2D eigenvalue weighted by Gasteiger charge is -2.17. The molecule has 1 fully saturated rings. The van der Waals surface area contributed by atoms with Crippen LogP contribution in [0.5, 0.6) is 0 Å². The summed E-state index contributed by atoms with van der Waals surface area (Å²) in [6.07, 6.45) is 3.54. The summed E-state index contributed by atoms with van der Waals surface area (Å²) in [6, 6.07) is 2.77. The first-order valence-corrected chi connectivity index (χ1v) is 7.83. The maximum Gasteiger partial charge on any atom is 0.261 e. The standard InChI is InChI=1S/C15H15BrFN3O2/c1-19(6-9-2-3-9)13(21)7-20-8-18-14-11(15(20)22)4-10(16)5-12(14)17/h4-5,8-9H,2-3,6-7H2,1H3. The molecule has 1 aliphatic rings. The third-order valence-corrected chi connectivity index (χ3v) is 4.26. The Balaban J connectivity index is 1.89. The third kappa shape index (κ3) is 3.04. The van der Waals surface area contributed by atoms with Gasteiger partial charge in [0.15, 0.2) is 5.82 Å². The Bertz CT molecular complexity index is 801. The molecular weight excluding hydrogens is 353 g/mol. The van der Waals surface area contributed by atoms with Gasteiger partial charge in [-0.1, -0.05) is 15.9 Å². The molecule has 0 atom stereocenters. The minimum Gasteiger partial charge on any atom is -0.344 e. The molecule has 1 aromatic carbocycles. The first kappa shape index (κ1) is 15.1. The minimum absolute atomic E-state index is 0.0169. The predicted octanol–water partition coefficient (Wildman–Crippen LogP) is 2.17. The molecule has 22 heavy (non-hydrogen) atoms. The third-order valence-electron chi connectivity index (χ3n) is 3.81. The highest BCUT2D eigenvalue weighted by atomic mass is 79.9. The first-order chi connectivity index (χ1) is 10.5. The number of hydrogen-bond donors (Lipinski definition) is 0. The monoisotopic (exact) mass is 367 g/mol. The van der Waals surface area contributed by atoms with Crippen LogP contribution in [0.2, 0.25) is 0 Å². The molecule has 0 bridgehead atoms. The van der Waals surface area contributed by atoms with Crippen molar-refractivity contribution in [2.75, 3.05) is 13.6 Å². The summed E-state index contributed by atoms with van der Waals surface area (Å²) in [5.41, 5.74) is -0.401. The molecule has 0 saturated heterocycles. The van der Waals surface area contributed by atoms with Crippen LogP contribution in [0.15, 0.2) is 27.7 Å². The number of carbonyl (C=O) groups is 1. The van der Waals surface area contributed by atoms with Gasteiger partial charge in [-0.3, -0.25) is 14.2 Å². The summed E-state index contributed by atoms with van der Waals surface area (Å²) in [5, 5.41) is 0.159. The quantitative estimate of drug-likeness (QED) is 0.831. The van der Waals surface area contributed by atoms with Gasteiger partial charge in [0.1, 0.15) is 12.1 Å². The lowest BCUT2D eigenvalue weighted by molar-refractivity contribution is -0.130. The number of halogens is 2. The van der Waals surface area contributed by atoms with E-state index in [2.05, 4.69) is 20.9 Å². The molecule has 1 heterocycles. The molecule has 2 aromatic rings. The SMILES string of the molecule is CN(CC1CC1)C(=O)Cn1cnc2c(F)cc(Br)cc2c1=O. The molecule has 0 spiro atoms. The van der Waals surface area contributed by atoms with Crippen LogP contribution in [0, 0.1) is 11.7 Å². The van der Waals surface area contributed by atoms with Crippen LogP contribution in [0.1, 0.15) is 12.8 Å². The van der Waals surface area contributed by atoms with E-state index in [1.54, 1.807) is 11.9 Å². The van der Waals surface area contributed by atoms with Gasteiger partial charge < -0.3 is 4.90 Å². The van der Waals surface area contributed by atoms with Crippen molar-refractivity contribution in [3.63, 3.8) is 0 Å². The van der Waals surface area contributed by atoms with Crippen molar-refractivity contribution in [2.24, 2.45) is 5.92 Å². The molecule has 1 aliphatic carbocycles. The summed E-state index contributed by atoms with van der Waals surface area (Å²) < 4.78 is 15.5. The largest absolute Gasteiger partial charge is 0.344 e. The normalized spacial score (nSPS) is 14.3. The number of benzene rings is 1. The molecule has 0 radical (unpaired) electrons. The zero-order chi connectivity index (χ0) is 15.9. The number of aromatic nitrogens is 2. The lowest BCUT2D eigenvalue weighted by Crippen LogP contribution is -2.35. The van der Waals surface area contributed by atoms with E-state index in [-0.39, 0.29) is 23.4 Å². The van der Waals surface area contributed by atoms with E-state index in [0.717, 1.165) is 19.4 Å². The van der Waals surface area contributed by atoms with Crippen LogP contribution >= 0.6 is 15.9 Å². The number of fused-ring (bicyclic) bond motifs is 1. The summed E-state index contributed by atoms with van der Waals surface area (Å²) in [5.74, 6) is -0.123. The van der Waals surface area contributed by atoms with E-state index in [1.165, 1.54) is 23.0 Å². The molecule has 1 saturated carbocycles. The number of carbonyl (C=O) groups excluding carboxylic acids is 1. The lowest BCUT2D eigenvalue weighted by atomic mass is 10.2. The van der Waals surface area contributed by atoms with Gasteiger partial charge >= 0.3 is 0 Å². The molecule has 3 rings (SSSR count). The van der Waals surface area contributed by atoms with Gasteiger partial charge in [-0.2, -0.15) is 0 Å². The van der Waals surface area contributed by atoms with Crippen molar-refractivity contribution in [2.45, 2.75) is 19.4 Å². The highest BCUT2D eigenvalue weighted by Crippen LogP contribution is 2.29. The van der Waals surface area contributed by atoms with Crippen molar-refractivity contribution < 1.29 is 9.18 Å². The number of hydrogen-bond acceptors (Lipinski definition) is 3. The summed E-state index contributed by atoms with van der Waals surface area (Å²) in [6.45, 7) is 0.633. The fourth-order valence-electron chi connectivity index (χ4n) is 2.36. The van der Waals surface area contributed by atoms with Crippen LogP contribution in [0.3, 0.4) is 0 Å². The number of rotatable bonds is 4. The fraction of sp³-hybridized carbons (Fsp3) is 0.400. The van der Waals surface area contributed by atoms with E-state index >= 15 is 0 Å². The molecule has 116 valence electrons. The number of nitrogens with zero attached hydrogens (tertiary/aromatic N) is 3. The highest BCUT2D eigenvalue weighted by molar-refractivity contribution is 9.10. The molecule has 1 aromatic heterocycles. The summed E-state index contributed by atoms with van der Waals surface area (Å²) in [7, 11) is 1.73. The van der Waals surface area contributed by atoms with Crippen molar-refractivity contribution >= 4 is 32.7 Å². The maximum atomic E-state index is 13.8. The second-order valence-corrected chi connectivity index (χ2v) is 6.59. The zero-order valence-corrected chi connectivity index (χ0v) is 13.6. The van der Waals surface area contributed by atoms with Crippen LogP contribution < -0.4 is 5.56 Å². The van der Waals surface area contributed by atoms with Crippen LogP contribution in [0.25, 0.3) is 10.9 Å². The molecule has 0 unspecified atom stereocenters. The Morgan fingerprint density at radius 2 is 2.23 bits per heavy atom. The van der Waals surface area contributed by atoms with E-state index in [9.17, 15) is 14.0 Å². The maximum absolute atomic E-state index is 13.8. The van der Waals surface area contributed by atoms with Gasteiger partial charge in [0, 0.05) is 18.1 Å². The Labute approximate surface area is 134 Å². The highest BCUT2D eigenvalue weighted by Gasteiger charge is 2.25. The Kier molecular flexibility index (Phi) is 3.99. The van der Waals surface area contributed by atoms with Crippen molar-refractivity contribution in [1.29, 1.82) is 0 Å². The minimum atomic E-state index is -0.564. The Morgan fingerprint density at radius 3 is 2.91 bits per heavy atom. The summed E-state index contributed by atoms with van der Waals surface area (Å²) in [4.78, 5) is 30.1. The second kappa shape index (κ2) is 5.79. The van der Waals surface area contributed by atoms with Crippen molar-refractivity contribution in [3.8, 4) is 0 Å². The van der Waals surface area contributed by atoms with E-state index in [1.807, 2.05) is 0 Å². The molecular formula is C15H15BrFN3O2. The predicted molar refractivity (Wildman–Crippen MR) is 84.0 cm³/mol. The zero-order valence-electron chi connectivity index (χ0n) is 12.1. The van der Waals surface area contributed by atoms with Crippen molar-refractivity contribution in [1.82, 2.24) is 14.5 Å².